The number of hydrogen-bond acceptors (Lipinski definition) is 5. The molecule has 0 saturated carbocycles. The van der Waals surface area contributed by atoms with Crippen LogP contribution < -0.4 is 5.32 Å². The first-order chi connectivity index (χ1) is 21.8. The molecule has 0 radical (unpaired) electrons. The van der Waals surface area contributed by atoms with Gasteiger partial charge in [-0.25, -0.2) is 4.79 Å². The summed E-state index contributed by atoms with van der Waals surface area (Å²) in [6.07, 6.45) is 7.37. The SMILES string of the molecule is C[N+](C)(CC=CCN1CCC(OC(=O)NC(c2ccccc2)c2ccccc2)CC1)CCCCN1C(=O)c2ccccc2C1=O. The van der Waals surface area contributed by atoms with E-state index in [0.29, 0.717) is 17.7 Å². The van der Waals surface area contributed by atoms with Crippen molar-refractivity contribution in [3.8, 4) is 0 Å². The van der Waals surface area contributed by atoms with Crippen LogP contribution in [0.4, 0.5) is 4.79 Å². The number of rotatable bonds is 13. The molecule has 1 N–H and O–H groups in total. The molecule has 0 bridgehead atoms. The summed E-state index contributed by atoms with van der Waals surface area (Å²) in [6, 6.07) is 26.7. The molecule has 0 aliphatic carbocycles. The summed E-state index contributed by atoms with van der Waals surface area (Å²) in [5.41, 5.74) is 3.07. The van der Waals surface area contributed by atoms with Crippen LogP contribution in [-0.4, -0.2) is 91.7 Å². The molecule has 3 aromatic rings. The van der Waals surface area contributed by atoms with Gasteiger partial charge in [0.1, 0.15) is 6.10 Å². The van der Waals surface area contributed by atoms with Gasteiger partial charge in [-0.3, -0.25) is 19.4 Å². The van der Waals surface area contributed by atoms with Crippen molar-refractivity contribution in [2.75, 3.05) is 53.4 Å². The predicted octanol–water partition coefficient (Wildman–Crippen LogP) is 5.68. The second kappa shape index (κ2) is 15.1. The molecule has 0 aromatic heterocycles. The lowest BCUT2D eigenvalue weighted by Crippen LogP contribution is -2.41. The van der Waals surface area contributed by atoms with Gasteiger partial charge in [0.25, 0.3) is 11.8 Å². The van der Waals surface area contributed by atoms with E-state index in [-0.39, 0.29) is 30.1 Å². The fourth-order valence-corrected chi connectivity index (χ4v) is 6.09. The smallest absolute Gasteiger partial charge is 0.408 e. The van der Waals surface area contributed by atoms with Crippen molar-refractivity contribution >= 4 is 17.9 Å². The topological polar surface area (TPSA) is 79.0 Å². The van der Waals surface area contributed by atoms with Crippen LogP contribution in [0.25, 0.3) is 0 Å². The van der Waals surface area contributed by atoms with E-state index < -0.39 is 0 Å². The summed E-state index contributed by atoms with van der Waals surface area (Å²) in [5.74, 6) is -0.350. The minimum Gasteiger partial charge on any atom is -0.446 e. The van der Waals surface area contributed by atoms with Gasteiger partial charge in [-0.05, 0) is 55.0 Å². The summed E-state index contributed by atoms with van der Waals surface area (Å²) in [7, 11) is 4.42. The van der Waals surface area contributed by atoms with Crippen LogP contribution in [0.3, 0.4) is 0 Å². The van der Waals surface area contributed by atoms with E-state index in [1.807, 2.05) is 60.7 Å². The van der Waals surface area contributed by atoms with Crippen molar-refractivity contribution in [3.05, 3.63) is 119 Å². The normalized spacial score (nSPS) is 16.0. The van der Waals surface area contributed by atoms with E-state index in [2.05, 4.69) is 36.5 Å². The van der Waals surface area contributed by atoms with Crippen LogP contribution in [-0.2, 0) is 4.74 Å². The zero-order valence-corrected chi connectivity index (χ0v) is 26.4. The molecule has 8 heteroatoms. The first kappa shape index (κ1) is 32.1. The fraction of sp³-hybridized carbons (Fsp3) is 0.378. The van der Waals surface area contributed by atoms with E-state index >= 15 is 0 Å². The van der Waals surface area contributed by atoms with Crippen LogP contribution in [0.5, 0.6) is 0 Å². The molecule has 0 spiro atoms. The molecule has 0 atom stereocenters. The number of hydrogen-bond donors (Lipinski definition) is 1. The van der Waals surface area contributed by atoms with Gasteiger partial charge in [0.15, 0.2) is 0 Å². The predicted molar refractivity (Wildman–Crippen MR) is 176 cm³/mol. The zero-order chi connectivity index (χ0) is 31.6. The van der Waals surface area contributed by atoms with Crippen molar-refractivity contribution in [2.45, 2.75) is 37.8 Å². The van der Waals surface area contributed by atoms with Gasteiger partial charge in [-0.15, -0.1) is 0 Å². The van der Waals surface area contributed by atoms with Crippen LogP contribution in [0.1, 0.15) is 63.6 Å². The van der Waals surface area contributed by atoms with Crippen LogP contribution >= 0.6 is 0 Å². The van der Waals surface area contributed by atoms with Gasteiger partial charge in [0.2, 0.25) is 0 Å². The summed E-state index contributed by atoms with van der Waals surface area (Å²) in [5, 5.41) is 3.08. The Hall–Kier alpha value is -4.27. The number of nitrogens with one attached hydrogen (secondary N) is 1. The van der Waals surface area contributed by atoms with Gasteiger partial charge < -0.3 is 14.5 Å². The monoisotopic (exact) mass is 609 g/mol. The second-order valence-corrected chi connectivity index (χ2v) is 12.6. The molecule has 0 unspecified atom stereocenters. The molecule has 236 valence electrons. The van der Waals surface area contributed by atoms with Crippen LogP contribution in [0.15, 0.2) is 97.1 Å². The Morgan fingerprint density at radius 3 is 1.98 bits per heavy atom. The van der Waals surface area contributed by atoms with Gasteiger partial charge in [-0.1, -0.05) is 78.9 Å². The average Bonchev–Trinajstić information content (AvgIpc) is 3.30. The van der Waals surface area contributed by atoms with E-state index in [9.17, 15) is 14.4 Å². The van der Waals surface area contributed by atoms with Gasteiger partial charge in [0.05, 0.1) is 44.4 Å². The molecule has 2 aliphatic heterocycles. The van der Waals surface area contributed by atoms with Gasteiger partial charge >= 0.3 is 6.09 Å². The Morgan fingerprint density at radius 1 is 0.844 bits per heavy atom. The highest BCUT2D eigenvalue weighted by Crippen LogP contribution is 2.24. The Balaban J connectivity index is 0.980. The van der Waals surface area contributed by atoms with Crippen molar-refractivity contribution in [2.24, 2.45) is 0 Å². The minimum atomic E-state index is -0.380. The quantitative estimate of drug-likeness (QED) is 0.117. The van der Waals surface area contributed by atoms with Crippen LogP contribution in [0, 0.1) is 0 Å². The summed E-state index contributed by atoms with van der Waals surface area (Å²) in [6.45, 7) is 5.00. The number of amides is 3. The molecule has 8 nitrogen and oxygen atoms in total. The Bertz CT molecular complexity index is 1390. The molecule has 1 fully saturated rings. The number of carbonyl (C=O) groups excluding carboxylic acids is 3. The number of quaternary nitrogens is 1. The number of nitrogens with zero attached hydrogens (tertiary/aromatic N) is 3. The highest BCUT2D eigenvalue weighted by Gasteiger charge is 2.34. The van der Waals surface area contributed by atoms with E-state index in [0.717, 1.165) is 74.0 Å². The number of unbranched alkanes of at least 4 members (excludes halogenated alkanes) is 1. The number of piperidine rings is 1. The number of benzene rings is 3. The molecular formula is C37H45N4O4+. The maximum absolute atomic E-state index is 12.9. The summed E-state index contributed by atoms with van der Waals surface area (Å²) >= 11 is 0. The third-order valence-electron chi connectivity index (χ3n) is 8.74. The molecular weight excluding hydrogens is 564 g/mol. The fourth-order valence-electron chi connectivity index (χ4n) is 6.09. The number of ether oxygens (including phenoxy) is 1. The van der Waals surface area contributed by atoms with Crippen molar-refractivity contribution in [1.29, 1.82) is 0 Å². The van der Waals surface area contributed by atoms with Gasteiger partial charge in [-0.2, -0.15) is 0 Å². The summed E-state index contributed by atoms with van der Waals surface area (Å²) in [4.78, 5) is 41.8. The second-order valence-electron chi connectivity index (χ2n) is 12.6. The Morgan fingerprint density at radius 2 is 1.40 bits per heavy atom. The number of alkyl carbamates (subject to hydrolysis) is 1. The van der Waals surface area contributed by atoms with E-state index in [4.69, 9.17) is 4.74 Å². The summed E-state index contributed by atoms with van der Waals surface area (Å²) < 4.78 is 6.70. The van der Waals surface area contributed by atoms with Crippen molar-refractivity contribution in [3.63, 3.8) is 0 Å². The maximum atomic E-state index is 12.9. The highest BCUT2D eigenvalue weighted by atomic mass is 16.6. The molecule has 2 heterocycles. The molecule has 2 aliphatic rings. The van der Waals surface area contributed by atoms with Crippen molar-refractivity contribution < 1.29 is 23.6 Å². The van der Waals surface area contributed by atoms with Gasteiger partial charge in [0, 0.05) is 26.2 Å². The lowest BCUT2D eigenvalue weighted by molar-refractivity contribution is -0.884. The number of likely N-dealkylation sites (N-methyl/N-ethyl adjacent to an activating group) is 1. The molecule has 45 heavy (non-hydrogen) atoms. The maximum Gasteiger partial charge on any atom is 0.408 e. The number of likely N-dealkylation sites (tertiary alicyclic amines) is 1. The third kappa shape index (κ3) is 8.68. The van der Waals surface area contributed by atoms with Crippen molar-refractivity contribution in [1.82, 2.24) is 15.1 Å². The van der Waals surface area contributed by atoms with E-state index in [1.54, 1.807) is 24.3 Å². The van der Waals surface area contributed by atoms with E-state index in [1.165, 1.54) is 4.90 Å². The average molecular weight is 610 g/mol. The molecule has 3 aromatic carbocycles. The lowest BCUT2D eigenvalue weighted by atomic mass is 9.99. The minimum absolute atomic E-state index is 0.0895. The molecule has 1 saturated heterocycles. The molecule has 3 amide bonds. The third-order valence-corrected chi connectivity index (χ3v) is 8.74. The first-order valence-corrected chi connectivity index (χ1v) is 16.0. The molecule has 5 rings (SSSR count). The highest BCUT2D eigenvalue weighted by molar-refractivity contribution is 6.21. The standard InChI is InChI=1S/C37H44N4O4/c1-41(2,28-14-12-24-40-35(42)32-19-9-10-20-33(32)36(40)43)27-13-11-23-39-25-21-31(22-26-39)45-37(44)38-34(29-15-5-3-6-16-29)30-17-7-4-8-18-30/h3-11,13,15-20,31,34H,12,14,21-28H2,1-2H3/p+1. The lowest BCUT2D eigenvalue weighted by Gasteiger charge is -2.31. The Labute approximate surface area is 266 Å². The zero-order valence-electron chi connectivity index (χ0n) is 26.4. The Kier molecular flexibility index (Phi) is 10.8. The number of imide groups is 1. The number of fused-ring (bicyclic) bond motifs is 1. The number of carbonyl (C=O) groups is 3. The van der Waals surface area contributed by atoms with Crippen LogP contribution in [0.2, 0.25) is 0 Å². The first-order valence-electron chi connectivity index (χ1n) is 16.0. The largest absolute Gasteiger partial charge is 0.446 e.